The molecular formula is C16H35N3O3S. The van der Waals surface area contributed by atoms with Crippen LogP contribution in [0.2, 0.25) is 0 Å². The average molecular weight is 350 g/mol. The number of sulfonamides is 1. The van der Waals surface area contributed by atoms with E-state index in [-0.39, 0.29) is 0 Å². The van der Waals surface area contributed by atoms with Crippen LogP contribution in [0.15, 0.2) is 0 Å². The Bertz CT molecular complexity index is 401. The number of morpholine rings is 1. The molecule has 0 unspecified atom stereocenters. The Balaban J connectivity index is 1.88. The summed E-state index contributed by atoms with van der Waals surface area (Å²) < 4.78 is 31.0. The van der Waals surface area contributed by atoms with Crippen molar-refractivity contribution in [2.45, 2.75) is 51.2 Å². The lowest BCUT2D eigenvalue weighted by Crippen LogP contribution is -2.39. The van der Waals surface area contributed by atoms with Crippen molar-refractivity contribution in [1.29, 1.82) is 0 Å². The Morgan fingerprint density at radius 1 is 0.957 bits per heavy atom. The van der Waals surface area contributed by atoms with E-state index in [0.29, 0.717) is 6.54 Å². The van der Waals surface area contributed by atoms with E-state index in [1.54, 1.807) is 20.8 Å². The molecule has 0 aromatic rings. The minimum absolute atomic E-state index is 0.538. The molecule has 0 radical (unpaired) electrons. The van der Waals surface area contributed by atoms with Gasteiger partial charge in [-0.2, -0.15) is 0 Å². The van der Waals surface area contributed by atoms with E-state index < -0.39 is 14.8 Å². The molecule has 1 rings (SSSR count). The standard InChI is InChI=1S/C16H35N3O3S/c1-16(2,3)23(20,21)18-10-6-4-5-8-17-9-7-11-19-12-14-22-15-13-19/h17-18H,4-15H2,1-3H3. The molecular weight excluding hydrogens is 314 g/mol. The van der Waals surface area contributed by atoms with Crippen LogP contribution in [0, 0.1) is 0 Å². The van der Waals surface area contributed by atoms with Crippen molar-refractivity contribution in [3.8, 4) is 0 Å². The molecule has 2 N–H and O–H groups in total. The molecule has 7 heteroatoms. The second-order valence-electron chi connectivity index (χ2n) is 7.13. The van der Waals surface area contributed by atoms with Gasteiger partial charge in [0.1, 0.15) is 0 Å². The van der Waals surface area contributed by atoms with Gasteiger partial charge in [0.15, 0.2) is 0 Å². The predicted octanol–water partition coefficient (Wildman–Crippen LogP) is 1.19. The van der Waals surface area contributed by atoms with Gasteiger partial charge in [0.05, 0.1) is 18.0 Å². The van der Waals surface area contributed by atoms with Crippen molar-refractivity contribution in [3.05, 3.63) is 0 Å². The van der Waals surface area contributed by atoms with Crippen LogP contribution in [0.1, 0.15) is 46.5 Å². The largest absolute Gasteiger partial charge is 0.379 e. The molecule has 1 heterocycles. The summed E-state index contributed by atoms with van der Waals surface area (Å²) in [4.78, 5) is 2.45. The third-order valence-corrected chi connectivity index (χ3v) is 6.26. The van der Waals surface area contributed by atoms with Crippen LogP contribution in [0.25, 0.3) is 0 Å². The quantitative estimate of drug-likeness (QED) is 0.548. The Kier molecular flexibility index (Phi) is 9.61. The van der Waals surface area contributed by atoms with Gasteiger partial charge in [0.25, 0.3) is 0 Å². The molecule has 1 aliphatic heterocycles. The normalized spacial score (nSPS) is 17.5. The lowest BCUT2D eigenvalue weighted by Gasteiger charge is -2.26. The predicted molar refractivity (Wildman–Crippen MR) is 95.3 cm³/mol. The molecule has 1 saturated heterocycles. The summed E-state index contributed by atoms with van der Waals surface area (Å²) in [5.74, 6) is 0. The summed E-state index contributed by atoms with van der Waals surface area (Å²) >= 11 is 0. The van der Waals surface area contributed by atoms with Gasteiger partial charge in [-0.1, -0.05) is 6.42 Å². The number of ether oxygens (including phenoxy) is 1. The van der Waals surface area contributed by atoms with Crippen LogP contribution < -0.4 is 10.0 Å². The molecule has 0 aliphatic carbocycles. The molecule has 0 aromatic heterocycles. The maximum Gasteiger partial charge on any atom is 0.216 e. The number of unbranched alkanes of at least 4 members (excludes halogenated alkanes) is 2. The van der Waals surface area contributed by atoms with Gasteiger partial charge >= 0.3 is 0 Å². The first-order chi connectivity index (χ1) is 10.8. The molecule has 6 nitrogen and oxygen atoms in total. The number of nitrogens with one attached hydrogen (secondary N) is 2. The van der Waals surface area contributed by atoms with Gasteiger partial charge in [0, 0.05) is 19.6 Å². The van der Waals surface area contributed by atoms with Crippen molar-refractivity contribution < 1.29 is 13.2 Å². The smallest absolute Gasteiger partial charge is 0.216 e. The summed E-state index contributed by atoms with van der Waals surface area (Å²) in [5.41, 5.74) is 0. The van der Waals surface area contributed by atoms with E-state index in [1.807, 2.05) is 0 Å². The lowest BCUT2D eigenvalue weighted by molar-refractivity contribution is 0.0374. The monoisotopic (exact) mass is 349 g/mol. The first kappa shape index (κ1) is 20.8. The van der Waals surface area contributed by atoms with Crippen LogP contribution in [0.5, 0.6) is 0 Å². The van der Waals surface area contributed by atoms with Gasteiger partial charge in [-0.15, -0.1) is 0 Å². The maximum atomic E-state index is 11.9. The Morgan fingerprint density at radius 3 is 2.22 bits per heavy atom. The highest BCUT2D eigenvalue weighted by molar-refractivity contribution is 7.90. The number of nitrogens with zero attached hydrogens (tertiary/aromatic N) is 1. The minimum Gasteiger partial charge on any atom is -0.379 e. The third kappa shape index (κ3) is 9.00. The molecule has 1 fully saturated rings. The van der Waals surface area contributed by atoms with Crippen molar-refractivity contribution in [2.24, 2.45) is 0 Å². The Morgan fingerprint density at radius 2 is 1.57 bits per heavy atom. The van der Waals surface area contributed by atoms with E-state index >= 15 is 0 Å². The zero-order valence-electron chi connectivity index (χ0n) is 15.1. The molecule has 0 amide bonds. The summed E-state index contributed by atoms with van der Waals surface area (Å²) in [5, 5.41) is 3.46. The molecule has 0 aromatic carbocycles. The van der Waals surface area contributed by atoms with Crippen LogP contribution in [0.4, 0.5) is 0 Å². The lowest BCUT2D eigenvalue weighted by atomic mass is 10.2. The molecule has 1 aliphatic rings. The summed E-state index contributed by atoms with van der Waals surface area (Å²) in [6, 6.07) is 0. The molecule has 0 atom stereocenters. The van der Waals surface area contributed by atoms with E-state index in [1.165, 1.54) is 6.42 Å². The fourth-order valence-corrected chi connectivity index (χ4v) is 3.20. The molecule has 23 heavy (non-hydrogen) atoms. The van der Waals surface area contributed by atoms with Crippen LogP contribution in [0.3, 0.4) is 0 Å². The highest BCUT2D eigenvalue weighted by Gasteiger charge is 2.27. The second-order valence-corrected chi connectivity index (χ2v) is 9.65. The second kappa shape index (κ2) is 10.6. The Labute approximate surface area is 142 Å². The van der Waals surface area contributed by atoms with E-state index in [4.69, 9.17) is 4.74 Å². The summed E-state index contributed by atoms with van der Waals surface area (Å²) in [6.45, 7) is 12.8. The van der Waals surface area contributed by atoms with E-state index in [2.05, 4.69) is 14.9 Å². The first-order valence-corrected chi connectivity index (χ1v) is 10.3. The summed E-state index contributed by atoms with van der Waals surface area (Å²) in [6.07, 6.45) is 4.20. The van der Waals surface area contributed by atoms with Crippen LogP contribution in [-0.2, 0) is 14.8 Å². The third-order valence-electron chi connectivity index (χ3n) is 4.06. The topological polar surface area (TPSA) is 70.7 Å². The fraction of sp³-hybridized carbons (Fsp3) is 1.00. The zero-order valence-corrected chi connectivity index (χ0v) is 15.9. The van der Waals surface area contributed by atoms with Gasteiger partial charge in [-0.05, 0) is 59.7 Å². The SMILES string of the molecule is CC(C)(C)S(=O)(=O)NCCCCCNCCCN1CCOCC1. The van der Waals surface area contributed by atoms with Crippen molar-refractivity contribution in [1.82, 2.24) is 14.9 Å². The number of rotatable bonds is 11. The van der Waals surface area contributed by atoms with Gasteiger partial charge in [-0.3, -0.25) is 4.90 Å². The molecule has 0 saturated carbocycles. The zero-order chi connectivity index (χ0) is 17.2. The van der Waals surface area contributed by atoms with E-state index in [0.717, 1.165) is 65.2 Å². The van der Waals surface area contributed by atoms with Crippen LogP contribution >= 0.6 is 0 Å². The minimum atomic E-state index is -3.19. The number of hydrogen-bond donors (Lipinski definition) is 2. The highest BCUT2D eigenvalue weighted by atomic mass is 32.2. The van der Waals surface area contributed by atoms with E-state index in [9.17, 15) is 8.42 Å². The first-order valence-electron chi connectivity index (χ1n) is 8.83. The maximum absolute atomic E-state index is 11.9. The summed E-state index contributed by atoms with van der Waals surface area (Å²) in [7, 11) is -3.19. The number of hydrogen-bond acceptors (Lipinski definition) is 5. The Hall–Kier alpha value is -0.210. The van der Waals surface area contributed by atoms with Gasteiger partial charge < -0.3 is 10.1 Å². The highest BCUT2D eigenvalue weighted by Crippen LogP contribution is 2.12. The molecule has 0 spiro atoms. The van der Waals surface area contributed by atoms with Crippen molar-refractivity contribution in [3.63, 3.8) is 0 Å². The van der Waals surface area contributed by atoms with Crippen LogP contribution in [-0.4, -0.2) is 70.5 Å². The average Bonchev–Trinajstić information content (AvgIpc) is 2.49. The fourth-order valence-electron chi connectivity index (χ4n) is 2.35. The van der Waals surface area contributed by atoms with Crippen molar-refractivity contribution in [2.75, 3.05) is 52.5 Å². The van der Waals surface area contributed by atoms with Crippen molar-refractivity contribution >= 4 is 10.0 Å². The molecule has 138 valence electrons. The molecule has 0 bridgehead atoms. The van der Waals surface area contributed by atoms with Gasteiger partial charge in [-0.25, -0.2) is 13.1 Å². The van der Waals surface area contributed by atoms with Gasteiger partial charge in [0.2, 0.25) is 10.0 Å².